The van der Waals surface area contributed by atoms with Crippen LogP contribution in [-0.4, -0.2) is 30.2 Å². The highest BCUT2D eigenvalue weighted by Crippen LogP contribution is 2.26. The molecule has 2 aromatic rings. The van der Waals surface area contributed by atoms with Crippen LogP contribution in [0.5, 0.6) is 0 Å². The molecular formula is C14H12F2N2O2. The summed E-state index contributed by atoms with van der Waals surface area (Å²) in [4.78, 5) is 16.7. The van der Waals surface area contributed by atoms with Gasteiger partial charge in [0.2, 0.25) is 0 Å². The molecule has 1 aromatic heterocycles. The van der Waals surface area contributed by atoms with E-state index in [0.717, 1.165) is 18.2 Å². The lowest BCUT2D eigenvalue weighted by Crippen LogP contribution is -2.16. The van der Waals surface area contributed by atoms with Crippen molar-refractivity contribution >= 4 is 11.8 Å². The van der Waals surface area contributed by atoms with Gasteiger partial charge in [0.15, 0.2) is 0 Å². The molecule has 0 aliphatic heterocycles. The topological polar surface area (TPSA) is 53.4 Å². The molecule has 0 radical (unpaired) electrons. The van der Waals surface area contributed by atoms with Gasteiger partial charge in [-0.2, -0.15) is 0 Å². The molecular weight excluding hydrogens is 266 g/mol. The number of nitrogens with zero attached hydrogens (tertiary/aromatic N) is 2. The number of pyridine rings is 1. The summed E-state index contributed by atoms with van der Waals surface area (Å²) in [6, 6.07) is 5.72. The molecule has 0 atom stereocenters. The first-order valence-electron chi connectivity index (χ1n) is 5.77. The second kappa shape index (κ2) is 5.24. The molecule has 0 fully saturated rings. The number of hydrogen-bond acceptors (Lipinski definition) is 3. The van der Waals surface area contributed by atoms with E-state index < -0.39 is 17.6 Å². The SMILES string of the molecule is CN(C)c1nc(-c2cc(F)ccc2F)ccc1C(=O)O. The van der Waals surface area contributed by atoms with Gasteiger partial charge in [-0.3, -0.25) is 0 Å². The molecule has 0 spiro atoms. The van der Waals surface area contributed by atoms with E-state index in [1.807, 2.05) is 0 Å². The van der Waals surface area contributed by atoms with Gasteiger partial charge in [0.05, 0.1) is 5.69 Å². The van der Waals surface area contributed by atoms with Crippen LogP contribution in [0.2, 0.25) is 0 Å². The maximum Gasteiger partial charge on any atom is 0.339 e. The third-order valence-electron chi connectivity index (χ3n) is 2.73. The van der Waals surface area contributed by atoms with Crippen LogP contribution in [0, 0.1) is 11.6 Å². The predicted octanol–water partition coefficient (Wildman–Crippen LogP) is 2.79. The highest BCUT2D eigenvalue weighted by molar-refractivity contribution is 5.93. The van der Waals surface area contributed by atoms with E-state index in [1.165, 1.54) is 17.0 Å². The second-order valence-electron chi connectivity index (χ2n) is 4.39. The Bertz CT molecular complexity index is 672. The minimum Gasteiger partial charge on any atom is -0.478 e. The summed E-state index contributed by atoms with van der Waals surface area (Å²) in [6.07, 6.45) is 0. The fraction of sp³-hybridized carbons (Fsp3) is 0.143. The molecule has 0 amide bonds. The molecule has 0 aliphatic carbocycles. The van der Waals surface area contributed by atoms with Crippen molar-refractivity contribution in [2.75, 3.05) is 19.0 Å². The van der Waals surface area contributed by atoms with Crippen molar-refractivity contribution in [3.05, 3.63) is 47.5 Å². The number of benzene rings is 1. The highest BCUT2D eigenvalue weighted by Gasteiger charge is 2.16. The zero-order valence-corrected chi connectivity index (χ0v) is 10.9. The largest absolute Gasteiger partial charge is 0.478 e. The lowest BCUT2D eigenvalue weighted by atomic mass is 10.1. The maximum atomic E-state index is 13.7. The summed E-state index contributed by atoms with van der Waals surface area (Å²) in [5, 5.41) is 9.07. The summed E-state index contributed by atoms with van der Waals surface area (Å²) in [5.41, 5.74) is 0.163. The van der Waals surface area contributed by atoms with Gasteiger partial charge in [-0.25, -0.2) is 18.6 Å². The van der Waals surface area contributed by atoms with Gasteiger partial charge in [-0.05, 0) is 30.3 Å². The van der Waals surface area contributed by atoms with Crippen LogP contribution in [0.15, 0.2) is 30.3 Å². The summed E-state index contributed by atoms with van der Waals surface area (Å²) < 4.78 is 26.9. The molecule has 1 heterocycles. The van der Waals surface area contributed by atoms with Crippen molar-refractivity contribution in [1.29, 1.82) is 0 Å². The molecule has 20 heavy (non-hydrogen) atoms. The van der Waals surface area contributed by atoms with Gasteiger partial charge in [-0.15, -0.1) is 0 Å². The summed E-state index contributed by atoms with van der Waals surface area (Å²) in [5.74, 6) is -2.16. The number of rotatable bonds is 3. The fourth-order valence-electron chi connectivity index (χ4n) is 1.80. The normalized spacial score (nSPS) is 10.4. The first kappa shape index (κ1) is 13.9. The Kier molecular flexibility index (Phi) is 3.65. The Labute approximate surface area is 114 Å². The van der Waals surface area contributed by atoms with Gasteiger partial charge < -0.3 is 10.0 Å². The number of anilines is 1. The quantitative estimate of drug-likeness (QED) is 0.938. The van der Waals surface area contributed by atoms with Crippen LogP contribution < -0.4 is 4.90 Å². The molecule has 0 bridgehead atoms. The van der Waals surface area contributed by atoms with Crippen molar-refractivity contribution in [2.45, 2.75) is 0 Å². The third kappa shape index (κ3) is 2.59. The Morgan fingerprint density at radius 2 is 1.90 bits per heavy atom. The van der Waals surface area contributed by atoms with Crippen LogP contribution in [0.4, 0.5) is 14.6 Å². The summed E-state index contributed by atoms with van der Waals surface area (Å²) in [6.45, 7) is 0. The molecule has 1 N–H and O–H groups in total. The zero-order chi connectivity index (χ0) is 14.9. The molecule has 0 aliphatic rings. The number of carbonyl (C=O) groups is 1. The van der Waals surface area contributed by atoms with E-state index in [9.17, 15) is 13.6 Å². The smallest absolute Gasteiger partial charge is 0.339 e. The van der Waals surface area contributed by atoms with Crippen LogP contribution >= 0.6 is 0 Å². The van der Waals surface area contributed by atoms with Gasteiger partial charge in [0.1, 0.15) is 23.0 Å². The molecule has 104 valence electrons. The number of aromatic carboxylic acids is 1. The van der Waals surface area contributed by atoms with Crippen molar-refractivity contribution in [1.82, 2.24) is 4.98 Å². The number of halogens is 2. The minimum absolute atomic E-state index is 0.00411. The van der Waals surface area contributed by atoms with E-state index in [-0.39, 0.29) is 22.6 Å². The van der Waals surface area contributed by atoms with E-state index in [2.05, 4.69) is 4.98 Å². The van der Waals surface area contributed by atoms with Crippen molar-refractivity contribution < 1.29 is 18.7 Å². The number of carboxylic acids is 1. The highest BCUT2D eigenvalue weighted by atomic mass is 19.1. The van der Waals surface area contributed by atoms with E-state index in [1.54, 1.807) is 14.1 Å². The predicted molar refractivity (Wildman–Crippen MR) is 70.9 cm³/mol. The van der Waals surface area contributed by atoms with Crippen molar-refractivity contribution in [3.8, 4) is 11.3 Å². The van der Waals surface area contributed by atoms with Crippen molar-refractivity contribution in [2.24, 2.45) is 0 Å². The Hall–Kier alpha value is -2.50. The number of aromatic nitrogens is 1. The number of hydrogen-bond donors (Lipinski definition) is 1. The molecule has 0 saturated heterocycles. The Morgan fingerprint density at radius 3 is 2.50 bits per heavy atom. The van der Waals surface area contributed by atoms with Crippen molar-refractivity contribution in [3.63, 3.8) is 0 Å². The molecule has 1 aromatic carbocycles. The average Bonchev–Trinajstić information content (AvgIpc) is 2.40. The van der Waals surface area contributed by atoms with E-state index >= 15 is 0 Å². The van der Waals surface area contributed by atoms with Crippen LogP contribution in [-0.2, 0) is 0 Å². The Balaban J connectivity index is 2.62. The minimum atomic E-state index is -1.13. The fourth-order valence-corrected chi connectivity index (χ4v) is 1.80. The summed E-state index contributed by atoms with van der Waals surface area (Å²) >= 11 is 0. The average molecular weight is 278 g/mol. The van der Waals surface area contributed by atoms with Gasteiger partial charge in [-0.1, -0.05) is 0 Å². The molecule has 4 nitrogen and oxygen atoms in total. The lowest BCUT2D eigenvalue weighted by Gasteiger charge is -2.15. The third-order valence-corrected chi connectivity index (χ3v) is 2.73. The summed E-state index contributed by atoms with van der Waals surface area (Å²) in [7, 11) is 3.25. The monoisotopic (exact) mass is 278 g/mol. The van der Waals surface area contributed by atoms with Crippen LogP contribution in [0.3, 0.4) is 0 Å². The standard InChI is InChI=1S/C14H12F2N2O2/c1-18(2)13-9(14(19)20)4-6-12(17-13)10-7-8(15)3-5-11(10)16/h3-7H,1-2H3,(H,19,20). The second-order valence-corrected chi connectivity index (χ2v) is 4.39. The zero-order valence-electron chi connectivity index (χ0n) is 10.9. The van der Waals surface area contributed by atoms with E-state index in [0.29, 0.717) is 0 Å². The Morgan fingerprint density at radius 1 is 1.20 bits per heavy atom. The maximum absolute atomic E-state index is 13.7. The lowest BCUT2D eigenvalue weighted by molar-refractivity contribution is 0.0697. The van der Waals surface area contributed by atoms with Crippen LogP contribution in [0.1, 0.15) is 10.4 Å². The van der Waals surface area contributed by atoms with Gasteiger partial charge >= 0.3 is 5.97 Å². The number of carboxylic acid groups (broad SMARTS) is 1. The first-order chi connectivity index (χ1) is 9.40. The molecule has 6 heteroatoms. The molecule has 0 unspecified atom stereocenters. The van der Waals surface area contributed by atoms with E-state index in [4.69, 9.17) is 5.11 Å². The van der Waals surface area contributed by atoms with Gasteiger partial charge in [0.25, 0.3) is 0 Å². The molecule has 0 saturated carbocycles. The van der Waals surface area contributed by atoms with Gasteiger partial charge in [0, 0.05) is 19.7 Å². The first-order valence-corrected chi connectivity index (χ1v) is 5.77. The van der Waals surface area contributed by atoms with Crippen LogP contribution in [0.25, 0.3) is 11.3 Å². The molecule has 2 rings (SSSR count).